The van der Waals surface area contributed by atoms with Gasteiger partial charge in [0.25, 0.3) is 0 Å². The highest BCUT2D eigenvalue weighted by Crippen LogP contribution is 2.28. The second-order valence-corrected chi connectivity index (χ2v) is 5.19. The molecule has 0 amide bonds. The molecular formula is C15H21NO2. The number of piperidine rings is 1. The monoisotopic (exact) mass is 247 g/mol. The van der Waals surface area contributed by atoms with Gasteiger partial charge in [0.15, 0.2) is 0 Å². The molecule has 0 saturated carbocycles. The van der Waals surface area contributed by atoms with Gasteiger partial charge in [-0.1, -0.05) is 31.2 Å². The fourth-order valence-corrected chi connectivity index (χ4v) is 2.65. The van der Waals surface area contributed by atoms with Crippen molar-refractivity contribution in [2.45, 2.75) is 38.0 Å². The normalized spacial score (nSPS) is 18.5. The lowest BCUT2D eigenvalue weighted by Gasteiger charge is -2.24. The van der Waals surface area contributed by atoms with E-state index in [2.05, 4.69) is 23.5 Å². The van der Waals surface area contributed by atoms with Gasteiger partial charge < -0.3 is 10.4 Å². The average molecular weight is 247 g/mol. The first-order chi connectivity index (χ1) is 8.66. The van der Waals surface area contributed by atoms with Crippen LogP contribution in [0.15, 0.2) is 24.3 Å². The van der Waals surface area contributed by atoms with E-state index in [9.17, 15) is 4.79 Å². The molecule has 1 aromatic rings. The van der Waals surface area contributed by atoms with Crippen molar-refractivity contribution in [1.82, 2.24) is 5.32 Å². The van der Waals surface area contributed by atoms with Crippen LogP contribution in [0.2, 0.25) is 0 Å². The standard InChI is InChI=1S/C15H21NO2/c1-11(9-15(17)18)13-3-2-4-14(10-13)12-5-7-16-8-6-12/h2-4,10-12,16H,5-9H2,1H3,(H,17,18). The Hall–Kier alpha value is -1.35. The molecule has 2 rings (SSSR count). The number of carboxylic acids is 1. The molecule has 98 valence electrons. The molecular weight excluding hydrogens is 226 g/mol. The minimum atomic E-state index is -0.727. The van der Waals surface area contributed by atoms with Crippen LogP contribution in [-0.4, -0.2) is 24.2 Å². The molecule has 3 nitrogen and oxygen atoms in total. The van der Waals surface area contributed by atoms with Crippen molar-refractivity contribution in [3.05, 3.63) is 35.4 Å². The third-order valence-electron chi connectivity index (χ3n) is 3.77. The maximum absolute atomic E-state index is 10.8. The first-order valence-corrected chi connectivity index (χ1v) is 6.69. The summed E-state index contributed by atoms with van der Waals surface area (Å²) in [5, 5.41) is 12.2. The predicted molar refractivity (Wildman–Crippen MR) is 72.0 cm³/mol. The molecule has 0 spiro atoms. The van der Waals surface area contributed by atoms with Crippen LogP contribution in [0.3, 0.4) is 0 Å². The van der Waals surface area contributed by atoms with Gasteiger partial charge in [-0.3, -0.25) is 4.79 Å². The SMILES string of the molecule is CC(CC(=O)O)c1cccc(C2CCNCC2)c1. The Balaban J connectivity index is 2.11. The van der Waals surface area contributed by atoms with Crippen LogP contribution in [0.4, 0.5) is 0 Å². The van der Waals surface area contributed by atoms with Crippen LogP contribution in [0.1, 0.15) is 49.1 Å². The molecule has 1 atom stereocenters. The van der Waals surface area contributed by atoms with Crippen molar-refractivity contribution in [3.63, 3.8) is 0 Å². The molecule has 1 saturated heterocycles. The van der Waals surface area contributed by atoms with Gasteiger partial charge >= 0.3 is 5.97 Å². The molecule has 1 fully saturated rings. The molecule has 1 aromatic carbocycles. The van der Waals surface area contributed by atoms with Crippen molar-refractivity contribution in [1.29, 1.82) is 0 Å². The van der Waals surface area contributed by atoms with Gasteiger partial charge in [0.2, 0.25) is 0 Å². The summed E-state index contributed by atoms with van der Waals surface area (Å²) in [4.78, 5) is 10.8. The molecule has 0 bridgehead atoms. The van der Waals surface area contributed by atoms with Gasteiger partial charge in [0.05, 0.1) is 6.42 Å². The lowest BCUT2D eigenvalue weighted by Crippen LogP contribution is -2.26. The Kier molecular flexibility index (Phi) is 4.37. The molecule has 1 unspecified atom stereocenters. The minimum Gasteiger partial charge on any atom is -0.481 e. The van der Waals surface area contributed by atoms with E-state index in [4.69, 9.17) is 5.11 Å². The Morgan fingerprint density at radius 3 is 2.83 bits per heavy atom. The van der Waals surface area contributed by atoms with E-state index in [1.807, 2.05) is 13.0 Å². The highest BCUT2D eigenvalue weighted by molar-refractivity contribution is 5.68. The van der Waals surface area contributed by atoms with Gasteiger partial charge in [0, 0.05) is 0 Å². The van der Waals surface area contributed by atoms with Crippen LogP contribution in [0.5, 0.6) is 0 Å². The predicted octanol–water partition coefficient (Wildman–Crippen LogP) is 2.73. The third-order valence-corrected chi connectivity index (χ3v) is 3.77. The molecule has 2 N–H and O–H groups in total. The zero-order chi connectivity index (χ0) is 13.0. The van der Waals surface area contributed by atoms with Crippen molar-refractivity contribution < 1.29 is 9.90 Å². The highest BCUT2D eigenvalue weighted by atomic mass is 16.4. The maximum atomic E-state index is 10.8. The van der Waals surface area contributed by atoms with Crippen LogP contribution in [0, 0.1) is 0 Å². The number of carboxylic acid groups (broad SMARTS) is 1. The van der Waals surface area contributed by atoms with E-state index in [1.54, 1.807) is 0 Å². The van der Waals surface area contributed by atoms with E-state index < -0.39 is 5.97 Å². The van der Waals surface area contributed by atoms with Crippen LogP contribution < -0.4 is 5.32 Å². The number of rotatable bonds is 4. The molecule has 3 heteroatoms. The van der Waals surface area contributed by atoms with Gasteiger partial charge in [-0.15, -0.1) is 0 Å². The fraction of sp³-hybridized carbons (Fsp3) is 0.533. The number of aliphatic carboxylic acids is 1. The number of nitrogens with one attached hydrogen (secondary N) is 1. The molecule has 1 aliphatic heterocycles. The molecule has 0 aliphatic carbocycles. The first kappa shape index (κ1) is 13.1. The van der Waals surface area contributed by atoms with Crippen LogP contribution in [0.25, 0.3) is 0 Å². The molecule has 0 radical (unpaired) electrons. The van der Waals surface area contributed by atoms with Crippen molar-refractivity contribution in [2.24, 2.45) is 0 Å². The van der Waals surface area contributed by atoms with Gasteiger partial charge in [-0.25, -0.2) is 0 Å². The van der Waals surface area contributed by atoms with Crippen LogP contribution in [-0.2, 0) is 4.79 Å². The number of hydrogen-bond acceptors (Lipinski definition) is 2. The molecule has 1 heterocycles. The molecule has 1 aliphatic rings. The summed E-state index contributed by atoms with van der Waals surface area (Å²) in [5.74, 6) is -0.0119. The fourth-order valence-electron chi connectivity index (χ4n) is 2.65. The summed E-state index contributed by atoms with van der Waals surface area (Å²) in [6, 6.07) is 8.47. The van der Waals surface area contributed by atoms with E-state index in [0.717, 1.165) is 18.7 Å². The van der Waals surface area contributed by atoms with Gasteiger partial charge in [-0.2, -0.15) is 0 Å². The zero-order valence-electron chi connectivity index (χ0n) is 10.9. The number of hydrogen-bond donors (Lipinski definition) is 2. The molecule has 18 heavy (non-hydrogen) atoms. The summed E-state index contributed by atoms with van der Waals surface area (Å²) < 4.78 is 0. The number of carbonyl (C=O) groups is 1. The Labute approximate surface area is 108 Å². The van der Waals surface area contributed by atoms with Crippen molar-refractivity contribution in [3.8, 4) is 0 Å². The van der Waals surface area contributed by atoms with Crippen molar-refractivity contribution >= 4 is 5.97 Å². The van der Waals surface area contributed by atoms with E-state index in [-0.39, 0.29) is 12.3 Å². The van der Waals surface area contributed by atoms with E-state index >= 15 is 0 Å². The zero-order valence-corrected chi connectivity index (χ0v) is 10.9. The quantitative estimate of drug-likeness (QED) is 0.860. The minimum absolute atomic E-state index is 0.0872. The van der Waals surface area contributed by atoms with Crippen molar-refractivity contribution in [2.75, 3.05) is 13.1 Å². The summed E-state index contributed by atoms with van der Waals surface area (Å²) in [5.41, 5.74) is 2.51. The smallest absolute Gasteiger partial charge is 0.303 e. The van der Waals surface area contributed by atoms with E-state index in [1.165, 1.54) is 18.4 Å². The Bertz CT molecular complexity index is 411. The summed E-state index contributed by atoms with van der Waals surface area (Å²) in [7, 11) is 0. The second kappa shape index (κ2) is 6.01. The lowest BCUT2D eigenvalue weighted by atomic mass is 9.87. The van der Waals surface area contributed by atoms with E-state index in [0.29, 0.717) is 5.92 Å². The lowest BCUT2D eigenvalue weighted by molar-refractivity contribution is -0.137. The average Bonchev–Trinajstić information content (AvgIpc) is 2.39. The Morgan fingerprint density at radius 2 is 2.17 bits per heavy atom. The highest BCUT2D eigenvalue weighted by Gasteiger charge is 2.17. The second-order valence-electron chi connectivity index (χ2n) is 5.19. The van der Waals surface area contributed by atoms with Gasteiger partial charge in [0.1, 0.15) is 0 Å². The first-order valence-electron chi connectivity index (χ1n) is 6.69. The molecule has 0 aromatic heterocycles. The largest absolute Gasteiger partial charge is 0.481 e. The topological polar surface area (TPSA) is 49.3 Å². The summed E-state index contributed by atoms with van der Waals surface area (Å²) >= 11 is 0. The number of benzene rings is 1. The maximum Gasteiger partial charge on any atom is 0.303 e. The summed E-state index contributed by atoms with van der Waals surface area (Å²) in [6.07, 6.45) is 2.56. The Morgan fingerprint density at radius 1 is 1.44 bits per heavy atom. The summed E-state index contributed by atoms with van der Waals surface area (Å²) in [6.45, 7) is 4.15. The van der Waals surface area contributed by atoms with Gasteiger partial charge in [-0.05, 0) is 48.9 Å². The van der Waals surface area contributed by atoms with Crippen LogP contribution >= 0.6 is 0 Å². The third kappa shape index (κ3) is 3.33.